The first-order chi connectivity index (χ1) is 6.27. The minimum Gasteiger partial charge on any atom is -0.399 e. The van der Waals surface area contributed by atoms with Gasteiger partial charge in [0, 0.05) is 11.3 Å². The van der Waals surface area contributed by atoms with Crippen LogP contribution in [-0.2, 0) is 0 Å². The molecular weight excluding hydrogens is 200 g/mol. The van der Waals surface area contributed by atoms with Crippen molar-refractivity contribution in [3.63, 3.8) is 0 Å². The summed E-state index contributed by atoms with van der Waals surface area (Å²) in [6.07, 6.45) is 1.59. The van der Waals surface area contributed by atoms with Crippen LogP contribution in [0.1, 0.15) is 0 Å². The Morgan fingerprint density at radius 3 is 2.21 bits per heavy atom. The lowest BCUT2D eigenvalue weighted by Crippen LogP contribution is -1.88. The maximum absolute atomic E-state index is 5.69. The molecule has 2 rings (SSSR count). The second-order valence-electron chi connectivity index (χ2n) is 2.82. The van der Waals surface area contributed by atoms with Gasteiger partial charge in [-0.25, -0.2) is 0 Å². The van der Waals surface area contributed by atoms with Crippen molar-refractivity contribution >= 4 is 23.8 Å². The summed E-state index contributed by atoms with van der Waals surface area (Å²) in [5.41, 5.74) is 14.5. The summed E-state index contributed by atoms with van der Waals surface area (Å²) in [6.45, 7) is 0. The molecule has 5 N–H and O–H groups in total. The van der Waals surface area contributed by atoms with E-state index >= 15 is 0 Å². The zero-order chi connectivity index (χ0) is 9.26. The van der Waals surface area contributed by atoms with Gasteiger partial charge in [-0.3, -0.25) is 5.10 Å². The van der Waals surface area contributed by atoms with Crippen molar-refractivity contribution in [1.29, 1.82) is 0 Å². The van der Waals surface area contributed by atoms with Crippen molar-refractivity contribution in [2.24, 2.45) is 0 Å². The molecular formula is C9H11ClN4. The number of rotatable bonds is 1. The van der Waals surface area contributed by atoms with Crippen molar-refractivity contribution in [3.05, 3.63) is 30.5 Å². The number of benzene rings is 1. The molecule has 1 aromatic heterocycles. The number of hydrogen-bond donors (Lipinski definition) is 3. The van der Waals surface area contributed by atoms with Crippen LogP contribution in [0.2, 0.25) is 0 Å². The lowest BCUT2D eigenvalue weighted by Gasteiger charge is -1.99. The molecule has 0 aliphatic carbocycles. The first-order valence-corrected chi connectivity index (χ1v) is 3.92. The molecule has 0 amide bonds. The van der Waals surface area contributed by atoms with Gasteiger partial charge in [0.2, 0.25) is 0 Å². The lowest BCUT2D eigenvalue weighted by atomic mass is 10.1. The fraction of sp³-hybridized carbons (Fsp3) is 0. The topological polar surface area (TPSA) is 80.7 Å². The summed E-state index contributed by atoms with van der Waals surface area (Å²) in [6, 6.07) is 7.46. The summed E-state index contributed by atoms with van der Waals surface area (Å²) in [4.78, 5) is 0. The molecule has 0 aliphatic heterocycles. The minimum absolute atomic E-state index is 0. The van der Waals surface area contributed by atoms with E-state index in [-0.39, 0.29) is 12.4 Å². The highest BCUT2D eigenvalue weighted by atomic mass is 35.5. The number of nitrogens with one attached hydrogen (secondary N) is 1. The Balaban J connectivity index is 0.000000980. The monoisotopic (exact) mass is 210 g/mol. The van der Waals surface area contributed by atoms with Crippen molar-refractivity contribution in [1.82, 2.24) is 10.2 Å². The average molecular weight is 211 g/mol. The van der Waals surface area contributed by atoms with E-state index in [1.54, 1.807) is 6.20 Å². The highest BCUT2D eigenvalue weighted by Crippen LogP contribution is 2.23. The molecule has 0 saturated carbocycles. The number of hydrogen-bond acceptors (Lipinski definition) is 3. The van der Waals surface area contributed by atoms with Crippen molar-refractivity contribution < 1.29 is 0 Å². The maximum atomic E-state index is 5.69. The van der Waals surface area contributed by atoms with E-state index in [4.69, 9.17) is 11.5 Å². The number of nitrogens with two attached hydrogens (primary N) is 2. The Hall–Kier alpha value is -1.68. The molecule has 1 heterocycles. The van der Waals surface area contributed by atoms with Gasteiger partial charge in [0.25, 0.3) is 0 Å². The van der Waals surface area contributed by atoms with Crippen LogP contribution in [0.15, 0.2) is 30.5 Å². The summed E-state index contributed by atoms with van der Waals surface area (Å²) >= 11 is 0. The van der Waals surface area contributed by atoms with E-state index in [1.807, 2.05) is 24.3 Å². The highest BCUT2D eigenvalue weighted by molar-refractivity contribution is 5.85. The quantitative estimate of drug-likeness (QED) is 0.627. The third-order valence-electron chi connectivity index (χ3n) is 1.87. The van der Waals surface area contributed by atoms with Crippen LogP contribution < -0.4 is 11.5 Å². The molecule has 0 spiro atoms. The summed E-state index contributed by atoms with van der Waals surface area (Å²) in [7, 11) is 0. The Morgan fingerprint density at radius 2 is 1.71 bits per heavy atom. The fourth-order valence-corrected chi connectivity index (χ4v) is 1.18. The first kappa shape index (κ1) is 10.4. The standard InChI is InChI=1S/C9H10N4.ClH/c10-7-3-1-6(2-4-7)9-8(11)5-12-13-9;/h1-5H,10-11H2,(H,12,13);1H. The van der Waals surface area contributed by atoms with Gasteiger partial charge in [0.15, 0.2) is 0 Å². The molecule has 1 aromatic carbocycles. The normalized spacial score (nSPS) is 9.43. The SMILES string of the molecule is Cl.Nc1ccc(-c2[nH]ncc2N)cc1. The number of nitrogens with zero attached hydrogens (tertiary/aromatic N) is 1. The van der Waals surface area contributed by atoms with E-state index in [2.05, 4.69) is 10.2 Å². The van der Waals surface area contributed by atoms with Crippen LogP contribution in [0.5, 0.6) is 0 Å². The highest BCUT2D eigenvalue weighted by Gasteiger charge is 2.02. The third-order valence-corrected chi connectivity index (χ3v) is 1.87. The van der Waals surface area contributed by atoms with Gasteiger partial charge in [0.1, 0.15) is 0 Å². The average Bonchev–Trinajstić information content (AvgIpc) is 2.53. The second kappa shape index (κ2) is 4.02. The third kappa shape index (κ3) is 1.80. The second-order valence-corrected chi connectivity index (χ2v) is 2.82. The molecule has 4 nitrogen and oxygen atoms in total. The van der Waals surface area contributed by atoms with Gasteiger partial charge in [-0.15, -0.1) is 12.4 Å². The van der Waals surface area contributed by atoms with E-state index in [0.717, 1.165) is 16.9 Å². The number of aromatic amines is 1. The Morgan fingerprint density at radius 1 is 1.07 bits per heavy atom. The molecule has 0 aliphatic rings. The number of nitrogen functional groups attached to an aromatic ring is 2. The molecule has 0 atom stereocenters. The predicted octanol–water partition coefficient (Wildman–Crippen LogP) is 1.66. The molecule has 2 aromatic rings. The van der Waals surface area contributed by atoms with Crippen LogP contribution in [-0.4, -0.2) is 10.2 Å². The number of halogens is 1. The Kier molecular flexibility index (Phi) is 2.99. The van der Waals surface area contributed by atoms with Gasteiger partial charge >= 0.3 is 0 Å². The van der Waals surface area contributed by atoms with E-state index in [0.29, 0.717) is 5.69 Å². The van der Waals surface area contributed by atoms with Crippen molar-refractivity contribution in [2.45, 2.75) is 0 Å². The van der Waals surface area contributed by atoms with Gasteiger partial charge in [0.05, 0.1) is 17.6 Å². The number of aromatic nitrogens is 2. The summed E-state index contributed by atoms with van der Waals surface area (Å²) in [5, 5.41) is 6.66. The zero-order valence-corrected chi connectivity index (χ0v) is 8.21. The van der Waals surface area contributed by atoms with Gasteiger partial charge < -0.3 is 11.5 Å². The van der Waals surface area contributed by atoms with E-state index in [9.17, 15) is 0 Å². The van der Waals surface area contributed by atoms with Crippen LogP contribution in [0.25, 0.3) is 11.3 Å². The molecule has 5 heteroatoms. The van der Waals surface area contributed by atoms with Crippen LogP contribution in [0, 0.1) is 0 Å². The molecule has 0 bridgehead atoms. The van der Waals surface area contributed by atoms with Crippen LogP contribution in [0.3, 0.4) is 0 Å². The van der Waals surface area contributed by atoms with E-state index < -0.39 is 0 Å². The number of H-pyrrole nitrogens is 1. The predicted molar refractivity (Wildman–Crippen MR) is 60.1 cm³/mol. The van der Waals surface area contributed by atoms with Crippen molar-refractivity contribution in [2.75, 3.05) is 11.5 Å². The minimum atomic E-state index is 0. The zero-order valence-electron chi connectivity index (χ0n) is 7.40. The van der Waals surface area contributed by atoms with Crippen LogP contribution >= 0.6 is 12.4 Å². The smallest absolute Gasteiger partial charge is 0.0879 e. The van der Waals surface area contributed by atoms with Crippen LogP contribution in [0.4, 0.5) is 11.4 Å². The molecule has 0 fully saturated rings. The van der Waals surface area contributed by atoms with Gasteiger partial charge in [-0.1, -0.05) is 12.1 Å². The van der Waals surface area contributed by atoms with Gasteiger partial charge in [-0.2, -0.15) is 5.10 Å². The maximum Gasteiger partial charge on any atom is 0.0879 e. The fourth-order valence-electron chi connectivity index (χ4n) is 1.18. The molecule has 0 unspecified atom stereocenters. The summed E-state index contributed by atoms with van der Waals surface area (Å²) in [5.74, 6) is 0. The van der Waals surface area contributed by atoms with Crippen molar-refractivity contribution in [3.8, 4) is 11.3 Å². The van der Waals surface area contributed by atoms with Gasteiger partial charge in [-0.05, 0) is 12.1 Å². The molecule has 0 saturated heterocycles. The molecule has 74 valence electrons. The molecule has 0 radical (unpaired) electrons. The Bertz CT molecular complexity index is 407. The van der Waals surface area contributed by atoms with E-state index in [1.165, 1.54) is 0 Å². The Labute approximate surface area is 87.7 Å². The lowest BCUT2D eigenvalue weighted by molar-refractivity contribution is 1.10. The first-order valence-electron chi connectivity index (χ1n) is 3.92. The summed E-state index contributed by atoms with van der Waals surface area (Å²) < 4.78 is 0. The molecule has 14 heavy (non-hydrogen) atoms. The largest absolute Gasteiger partial charge is 0.399 e. The number of anilines is 2.